The number of hydrogen-bond acceptors (Lipinski definition) is 6. The third kappa shape index (κ3) is 7.13. The number of fused-ring (bicyclic) bond motifs is 1. The predicted molar refractivity (Wildman–Crippen MR) is 154 cm³/mol. The zero-order valence-electron chi connectivity index (χ0n) is 24.9. The molecule has 226 valence electrons. The summed E-state index contributed by atoms with van der Waals surface area (Å²) in [4.78, 5) is 80.1. The minimum absolute atomic E-state index is 0.0837. The molecule has 3 fully saturated rings. The molecule has 5 atom stereocenters. The number of likely N-dealkylation sites (tertiary alicyclic amines) is 1. The number of hydrogen-bond donors (Lipinski definition) is 3. The van der Waals surface area contributed by atoms with Gasteiger partial charge < -0.3 is 20.9 Å². The van der Waals surface area contributed by atoms with Crippen molar-refractivity contribution in [3.8, 4) is 0 Å². The summed E-state index contributed by atoms with van der Waals surface area (Å²) < 4.78 is 0. The Bertz CT molecular complexity index is 1080. The molecule has 2 saturated carbocycles. The summed E-state index contributed by atoms with van der Waals surface area (Å²) in [6.45, 7) is 15.0. The minimum Gasteiger partial charge on any atom is -0.346 e. The highest BCUT2D eigenvalue weighted by Gasteiger charge is 2.69. The van der Waals surface area contributed by atoms with Crippen LogP contribution in [0.5, 0.6) is 0 Å². The van der Waals surface area contributed by atoms with Gasteiger partial charge in [0.15, 0.2) is 0 Å². The van der Waals surface area contributed by atoms with E-state index in [2.05, 4.69) is 43.0 Å². The Balaban J connectivity index is 1.86. The molecule has 3 N–H and O–H groups in total. The maximum atomic E-state index is 14.1. The Hall–Kier alpha value is -3.30. The van der Waals surface area contributed by atoms with Crippen LogP contribution in [-0.4, -0.2) is 71.3 Å². The normalized spacial score (nSPS) is 24.4. The Labute approximate surface area is 243 Å². The number of allylic oxidation sites excluding steroid dienone is 1. The molecule has 0 aromatic carbocycles. The van der Waals surface area contributed by atoms with Crippen molar-refractivity contribution >= 4 is 35.2 Å². The molecule has 0 radical (unpaired) electrons. The van der Waals surface area contributed by atoms with Crippen molar-refractivity contribution in [3.05, 3.63) is 25.3 Å². The summed E-state index contributed by atoms with van der Waals surface area (Å²) in [5, 5.41) is 7.96. The lowest BCUT2D eigenvalue weighted by Crippen LogP contribution is -2.60. The molecule has 10 heteroatoms. The van der Waals surface area contributed by atoms with Crippen molar-refractivity contribution in [1.82, 2.24) is 20.9 Å². The number of ketones is 2. The van der Waals surface area contributed by atoms with E-state index in [4.69, 9.17) is 0 Å². The molecule has 0 aromatic heterocycles. The average Bonchev–Trinajstić information content (AvgIpc) is 3.26. The Morgan fingerprint density at radius 1 is 0.927 bits per heavy atom. The van der Waals surface area contributed by atoms with E-state index >= 15 is 0 Å². The molecule has 0 spiro atoms. The summed E-state index contributed by atoms with van der Waals surface area (Å²) in [5.41, 5.74) is -0.183. The summed E-state index contributed by atoms with van der Waals surface area (Å²) in [5.74, 6) is -4.52. The van der Waals surface area contributed by atoms with E-state index in [0.717, 1.165) is 32.1 Å². The van der Waals surface area contributed by atoms with Crippen molar-refractivity contribution in [2.75, 3.05) is 13.1 Å². The summed E-state index contributed by atoms with van der Waals surface area (Å²) in [7, 11) is 0. The second-order valence-electron chi connectivity index (χ2n) is 12.5. The van der Waals surface area contributed by atoms with E-state index < -0.39 is 53.3 Å². The molecule has 1 aliphatic heterocycles. The van der Waals surface area contributed by atoms with Gasteiger partial charge in [0, 0.05) is 19.0 Å². The summed E-state index contributed by atoms with van der Waals surface area (Å²) in [6.07, 6.45) is 8.02. The Morgan fingerprint density at radius 3 is 2.17 bits per heavy atom. The van der Waals surface area contributed by atoms with E-state index in [0.29, 0.717) is 13.0 Å². The maximum Gasteiger partial charge on any atom is 0.289 e. The van der Waals surface area contributed by atoms with Gasteiger partial charge in [-0.2, -0.15) is 0 Å². The van der Waals surface area contributed by atoms with Gasteiger partial charge in [-0.15, -0.1) is 13.2 Å². The molecule has 4 amide bonds. The second kappa shape index (κ2) is 13.6. The highest BCUT2D eigenvalue weighted by Crippen LogP contribution is 2.65. The lowest BCUT2D eigenvalue weighted by molar-refractivity contribution is -0.147. The maximum absolute atomic E-state index is 14.1. The molecule has 1 heterocycles. The zero-order chi connectivity index (χ0) is 30.5. The largest absolute Gasteiger partial charge is 0.346 e. The monoisotopic (exact) mass is 570 g/mol. The van der Waals surface area contributed by atoms with Gasteiger partial charge in [0.1, 0.15) is 12.1 Å². The third-order valence-electron chi connectivity index (χ3n) is 9.11. The molecular weight excluding hydrogens is 524 g/mol. The number of Topliss-reactive ketones (excluding diaryl/α,β-unsaturated/α-hetero) is 2. The van der Waals surface area contributed by atoms with Crippen LogP contribution in [0.25, 0.3) is 0 Å². The lowest BCUT2D eigenvalue weighted by Gasteiger charge is -2.37. The molecule has 2 aliphatic carbocycles. The fraction of sp³-hybridized carbons (Fsp3) is 0.677. The van der Waals surface area contributed by atoms with Gasteiger partial charge in [0.05, 0.1) is 6.04 Å². The minimum atomic E-state index is -1.08. The predicted octanol–water partition coefficient (Wildman–Crippen LogP) is 2.08. The highest BCUT2D eigenvalue weighted by molar-refractivity contribution is 6.38. The van der Waals surface area contributed by atoms with Crippen LogP contribution < -0.4 is 16.0 Å². The van der Waals surface area contributed by atoms with Gasteiger partial charge in [-0.25, -0.2) is 0 Å². The van der Waals surface area contributed by atoms with Crippen molar-refractivity contribution in [2.24, 2.45) is 29.1 Å². The van der Waals surface area contributed by atoms with E-state index in [1.807, 2.05) is 0 Å². The average molecular weight is 571 g/mol. The molecule has 41 heavy (non-hydrogen) atoms. The van der Waals surface area contributed by atoms with Crippen LogP contribution in [0.1, 0.15) is 72.6 Å². The van der Waals surface area contributed by atoms with Crippen molar-refractivity contribution < 1.29 is 28.8 Å². The lowest BCUT2D eigenvalue weighted by atomic mass is 9.82. The highest BCUT2D eigenvalue weighted by atomic mass is 16.2. The standard InChI is InChI=1S/C31H46N4O6/c1-7-9-15-21(26(37)28(39)32-16-8-2)33-27(38)24-22-20(31(22,5)6)17-35(24)30(41)23(19-13-11-10-12-14-19)34-29(40)25(36)18(3)4/h7-8,18-24H,1-2,9-17H2,3-6H3,(H,32,39)(H,33,38)(H,34,40). The molecule has 0 bridgehead atoms. The van der Waals surface area contributed by atoms with E-state index in [1.165, 1.54) is 11.0 Å². The number of nitrogens with zero attached hydrogens (tertiary/aromatic N) is 1. The first-order valence-corrected chi connectivity index (χ1v) is 14.9. The first-order valence-electron chi connectivity index (χ1n) is 14.9. The van der Waals surface area contributed by atoms with Gasteiger partial charge in [0.25, 0.3) is 11.8 Å². The number of nitrogens with one attached hydrogen (secondary N) is 3. The zero-order valence-corrected chi connectivity index (χ0v) is 24.9. The van der Waals surface area contributed by atoms with Crippen molar-refractivity contribution in [1.29, 1.82) is 0 Å². The van der Waals surface area contributed by atoms with Crippen LogP contribution in [0.15, 0.2) is 25.3 Å². The first kappa shape index (κ1) is 32.2. The molecule has 10 nitrogen and oxygen atoms in total. The topological polar surface area (TPSA) is 142 Å². The Kier molecular flexibility index (Phi) is 10.7. The van der Waals surface area contributed by atoms with Crippen LogP contribution in [0, 0.1) is 29.1 Å². The van der Waals surface area contributed by atoms with E-state index in [-0.39, 0.29) is 42.0 Å². The first-order chi connectivity index (χ1) is 19.4. The van der Waals surface area contributed by atoms with Crippen molar-refractivity contribution in [2.45, 2.75) is 90.8 Å². The smallest absolute Gasteiger partial charge is 0.289 e. The SMILES string of the molecule is C=CCCC(NC(=O)C1C2C(CN1C(=O)C(NC(=O)C(=O)C(C)C)C1CCCCC1)C2(C)C)C(=O)C(=O)NCC=C. The molecule has 3 aliphatic rings. The van der Waals surface area contributed by atoms with Crippen LogP contribution in [-0.2, 0) is 28.8 Å². The summed E-state index contributed by atoms with van der Waals surface area (Å²) in [6, 6.07) is -2.86. The van der Waals surface area contributed by atoms with Crippen molar-refractivity contribution in [3.63, 3.8) is 0 Å². The van der Waals surface area contributed by atoms with Gasteiger partial charge in [-0.05, 0) is 48.9 Å². The number of rotatable bonds is 14. The van der Waals surface area contributed by atoms with Gasteiger partial charge in [-0.3, -0.25) is 28.8 Å². The van der Waals surface area contributed by atoms with E-state index in [1.54, 1.807) is 19.9 Å². The van der Waals surface area contributed by atoms with Crippen LogP contribution in [0.4, 0.5) is 0 Å². The number of carbonyl (C=O) groups excluding carboxylic acids is 6. The van der Waals surface area contributed by atoms with Gasteiger partial charge >= 0.3 is 0 Å². The van der Waals surface area contributed by atoms with E-state index in [9.17, 15) is 28.8 Å². The molecule has 1 saturated heterocycles. The fourth-order valence-electron chi connectivity index (χ4n) is 6.54. The quantitative estimate of drug-likeness (QED) is 0.216. The Morgan fingerprint density at radius 2 is 1.59 bits per heavy atom. The van der Waals surface area contributed by atoms with Gasteiger partial charge in [-0.1, -0.05) is 59.1 Å². The van der Waals surface area contributed by atoms with Crippen LogP contribution >= 0.6 is 0 Å². The summed E-state index contributed by atoms with van der Waals surface area (Å²) >= 11 is 0. The second-order valence-corrected chi connectivity index (χ2v) is 12.5. The fourth-order valence-corrected chi connectivity index (χ4v) is 6.54. The number of carbonyl (C=O) groups is 6. The number of piperidine rings is 1. The third-order valence-corrected chi connectivity index (χ3v) is 9.11. The number of amides is 4. The molecule has 5 unspecified atom stereocenters. The van der Waals surface area contributed by atoms with Crippen LogP contribution in [0.3, 0.4) is 0 Å². The molecule has 0 aromatic rings. The molecule has 3 rings (SSSR count). The van der Waals surface area contributed by atoms with Gasteiger partial charge in [0.2, 0.25) is 23.4 Å². The van der Waals surface area contributed by atoms with Crippen LogP contribution in [0.2, 0.25) is 0 Å². The molecular formula is C31H46N4O6.